The Balaban J connectivity index is 2.91. The van der Waals surface area contributed by atoms with Crippen LogP contribution in [-0.2, 0) is 9.59 Å². The van der Waals surface area contributed by atoms with Crippen molar-refractivity contribution in [1.82, 2.24) is 0 Å². The van der Waals surface area contributed by atoms with Gasteiger partial charge in [0.15, 0.2) is 0 Å². The maximum Gasteiger partial charge on any atom is 0.225 e. The van der Waals surface area contributed by atoms with Crippen molar-refractivity contribution >= 4 is 39.1 Å². The summed E-state index contributed by atoms with van der Waals surface area (Å²) in [5.41, 5.74) is 1.15. The predicted octanol–water partition coefficient (Wildman–Crippen LogP) is 2.38. The van der Waals surface area contributed by atoms with E-state index in [1.54, 1.807) is 18.2 Å². The zero-order valence-electron chi connectivity index (χ0n) is 10.2. The molecule has 0 aliphatic rings. The Morgan fingerprint density at radius 3 is 2.61 bits per heavy atom. The molecule has 0 spiro atoms. The number of carbonyl (C=O) groups is 2. The highest BCUT2D eigenvalue weighted by molar-refractivity contribution is 9.09. The van der Waals surface area contributed by atoms with E-state index in [4.69, 9.17) is 4.74 Å². The monoisotopic (exact) mass is 314 g/mol. The summed E-state index contributed by atoms with van der Waals surface area (Å²) >= 11 is 3.20. The lowest BCUT2D eigenvalue weighted by Gasteiger charge is -2.12. The van der Waals surface area contributed by atoms with Gasteiger partial charge in [-0.3, -0.25) is 9.59 Å². The fourth-order valence-corrected chi connectivity index (χ4v) is 1.75. The molecule has 6 heteroatoms. The van der Waals surface area contributed by atoms with Gasteiger partial charge in [0.05, 0.1) is 12.8 Å². The van der Waals surface area contributed by atoms with E-state index in [0.29, 0.717) is 28.9 Å². The number of methoxy groups -OCH3 is 1. The molecule has 5 nitrogen and oxygen atoms in total. The van der Waals surface area contributed by atoms with Crippen molar-refractivity contribution in [1.29, 1.82) is 0 Å². The topological polar surface area (TPSA) is 67.4 Å². The van der Waals surface area contributed by atoms with Gasteiger partial charge >= 0.3 is 0 Å². The summed E-state index contributed by atoms with van der Waals surface area (Å²) in [6.45, 7) is 1.42. The Kier molecular flexibility index (Phi) is 5.64. The van der Waals surface area contributed by atoms with Gasteiger partial charge in [-0.05, 0) is 18.2 Å². The number of alkyl halides is 1. The van der Waals surface area contributed by atoms with E-state index in [1.165, 1.54) is 14.0 Å². The van der Waals surface area contributed by atoms with E-state index < -0.39 is 0 Å². The van der Waals surface area contributed by atoms with Crippen molar-refractivity contribution < 1.29 is 14.3 Å². The molecule has 98 valence electrons. The molecule has 1 aromatic carbocycles. The van der Waals surface area contributed by atoms with Crippen molar-refractivity contribution in [3.63, 3.8) is 0 Å². The van der Waals surface area contributed by atoms with Crippen LogP contribution < -0.4 is 15.4 Å². The molecular formula is C12H15BrN2O3. The Bertz CT molecular complexity index is 449. The largest absolute Gasteiger partial charge is 0.495 e. The Morgan fingerprint density at radius 2 is 2.06 bits per heavy atom. The first-order chi connectivity index (χ1) is 8.56. The molecular weight excluding hydrogens is 300 g/mol. The second-order valence-electron chi connectivity index (χ2n) is 3.58. The second-order valence-corrected chi connectivity index (χ2v) is 4.38. The van der Waals surface area contributed by atoms with Crippen LogP contribution >= 0.6 is 15.9 Å². The van der Waals surface area contributed by atoms with Gasteiger partial charge < -0.3 is 15.4 Å². The average molecular weight is 315 g/mol. The van der Waals surface area contributed by atoms with E-state index in [1.807, 2.05) is 0 Å². The van der Waals surface area contributed by atoms with Crippen LogP contribution in [-0.4, -0.2) is 24.3 Å². The molecule has 0 aliphatic heterocycles. The first-order valence-corrected chi connectivity index (χ1v) is 6.50. The molecule has 1 aromatic rings. The third kappa shape index (κ3) is 4.37. The summed E-state index contributed by atoms with van der Waals surface area (Å²) in [5.74, 6) is 0.259. The number of rotatable bonds is 5. The highest BCUT2D eigenvalue weighted by atomic mass is 79.9. The molecule has 0 saturated heterocycles. The summed E-state index contributed by atoms with van der Waals surface area (Å²) in [6, 6.07) is 5.06. The number of hydrogen-bond acceptors (Lipinski definition) is 3. The van der Waals surface area contributed by atoms with E-state index in [-0.39, 0.29) is 11.8 Å². The number of hydrogen-bond donors (Lipinski definition) is 2. The molecule has 0 saturated carbocycles. The standard InChI is InChI=1S/C12H15BrN2O3/c1-8(16)14-9-3-4-11(18-2)10(7-9)15-12(17)5-6-13/h3-4,7H,5-6H2,1-2H3,(H,14,16)(H,15,17). The minimum Gasteiger partial charge on any atom is -0.495 e. The molecule has 18 heavy (non-hydrogen) atoms. The van der Waals surface area contributed by atoms with Crippen LogP contribution in [0.4, 0.5) is 11.4 Å². The lowest BCUT2D eigenvalue weighted by molar-refractivity contribution is -0.116. The summed E-state index contributed by atoms with van der Waals surface area (Å²) in [7, 11) is 1.52. The van der Waals surface area contributed by atoms with E-state index in [9.17, 15) is 9.59 Å². The third-order valence-electron chi connectivity index (χ3n) is 2.12. The van der Waals surface area contributed by atoms with Gasteiger partial charge in [-0.15, -0.1) is 0 Å². The fourth-order valence-electron chi connectivity index (χ4n) is 1.39. The van der Waals surface area contributed by atoms with Gasteiger partial charge in [0.2, 0.25) is 11.8 Å². The summed E-state index contributed by atoms with van der Waals surface area (Å²) in [6.07, 6.45) is 0.369. The Hall–Kier alpha value is -1.56. The number of amides is 2. The summed E-state index contributed by atoms with van der Waals surface area (Å²) in [4.78, 5) is 22.5. The number of ether oxygens (including phenoxy) is 1. The normalized spacial score (nSPS) is 9.72. The molecule has 2 amide bonds. The van der Waals surface area contributed by atoms with E-state index in [2.05, 4.69) is 26.6 Å². The number of halogens is 1. The maximum absolute atomic E-state index is 11.5. The predicted molar refractivity (Wildman–Crippen MR) is 74.3 cm³/mol. The first-order valence-electron chi connectivity index (χ1n) is 5.38. The van der Waals surface area contributed by atoms with Crippen LogP contribution in [0.3, 0.4) is 0 Å². The van der Waals surface area contributed by atoms with E-state index >= 15 is 0 Å². The highest BCUT2D eigenvalue weighted by Gasteiger charge is 2.08. The van der Waals surface area contributed by atoms with Crippen molar-refractivity contribution in [2.45, 2.75) is 13.3 Å². The van der Waals surface area contributed by atoms with Crippen molar-refractivity contribution in [2.24, 2.45) is 0 Å². The summed E-state index contributed by atoms with van der Waals surface area (Å²) < 4.78 is 5.15. The maximum atomic E-state index is 11.5. The van der Waals surface area contributed by atoms with Gasteiger partial charge in [-0.2, -0.15) is 0 Å². The van der Waals surface area contributed by atoms with Crippen molar-refractivity contribution in [3.05, 3.63) is 18.2 Å². The van der Waals surface area contributed by atoms with Gasteiger partial charge in [0.25, 0.3) is 0 Å². The van der Waals surface area contributed by atoms with Crippen LogP contribution in [0.5, 0.6) is 5.75 Å². The van der Waals surface area contributed by atoms with Crippen molar-refractivity contribution in [2.75, 3.05) is 23.1 Å². The van der Waals surface area contributed by atoms with Crippen LogP contribution in [0.2, 0.25) is 0 Å². The fraction of sp³-hybridized carbons (Fsp3) is 0.333. The lowest BCUT2D eigenvalue weighted by atomic mass is 10.2. The molecule has 0 aromatic heterocycles. The molecule has 0 unspecified atom stereocenters. The quantitative estimate of drug-likeness (QED) is 0.820. The molecule has 0 heterocycles. The van der Waals surface area contributed by atoms with Gasteiger partial charge in [-0.25, -0.2) is 0 Å². The lowest BCUT2D eigenvalue weighted by Crippen LogP contribution is -2.13. The van der Waals surface area contributed by atoms with Crippen LogP contribution in [0, 0.1) is 0 Å². The SMILES string of the molecule is COc1ccc(NC(C)=O)cc1NC(=O)CCBr. The van der Waals surface area contributed by atoms with Crippen molar-refractivity contribution in [3.8, 4) is 5.75 Å². The third-order valence-corrected chi connectivity index (χ3v) is 2.51. The molecule has 2 N–H and O–H groups in total. The number of carbonyl (C=O) groups excluding carboxylic acids is 2. The molecule has 0 atom stereocenters. The Labute approximate surface area is 114 Å². The molecule has 0 aliphatic carbocycles. The highest BCUT2D eigenvalue weighted by Crippen LogP contribution is 2.27. The van der Waals surface area contributed by atoms with Crippen LogP contribution in [0.1, 0.15) is 13.3 Å². The summed E-state index contributed by atoms with van der Waals surface area (Å²) in [5, 5.41) is 5.97. The van der Waals surface area contributed by atoms with Crippen LogP contribution in [0.25, 0.3) is 0 Å². The second kappa shape index (κ2) is 7.00. The smallest absolute Gasteiger partial charge is 0.225 e. The molecule has 0 fully saturated rings. The first kappa shape index (κ1) is 14.5. The van der Waals surface area contributed by atoms with Gasteiger partial charge in [0, 0.05) is 24.4 Å². The van der Waals surface area contributed by atoms with E-state index in [0.717, 1.165) is 0 Å². The van der Waals surface area contributed by atoms with Gasteiger partial charge in [-0.1, -0.05) is 15.9 Å². The van der Waals surface area contributed by atoms with Gasteiger partial charge in [0.1, 0.15) is 5.75 Å². The zero-order valence-corrected chi connectivity index (χ0v) is 11.8. The number of nitrogens with one attached hydrogen (secondary N) is 2. The molecule has 0 radical (unpaired) electrons. The minimum absolute atomic E-state index is 0.120. The van der Waals surface area contributed by atoms with Crippen LogP contribution in [0.15, 0.2) is 18.2 Å². The number of benzene rings is 1. The number of anilines is 2. The molecule has 0 bridgehead atoms. The Morgan fingerprint density at radius 1 is 1.33 bits per heavy atom. The zero-order chi connectivity index (χ0) is 13.5. The average Bonchev–Trinajstić information content (AvgIpc) is 2.28. The minimum atomic E-state index is -0.169. The molecule has 1 rings (SSSR count).